The van der Waals surface area contributed by atoms with Gasteiger partial charge in [-0.3, -0.25) is 9.78 Å². The van der Waals surface area contributed by atoms with E-state index in [0.29, 0.717) is 10.6 Å². The Hall–Kier alpha value is -2.01. The lowest BCUT2D eigenvalue weighted by molar-refractivity contribution is 0.0959. The molecule has 2 heterocycles. The van der Waals surface area contributed by atoms with Crippen molar-refractivity contribution in [1.29, 1.82) is 0 Å². The minimum absolute atomic E-state index is 0.199. The topological polar surface area (TPSA) is 54.4 Å². The first-order chi connectivity index (χ1) is 8.27. The molecule has 0 saturated heterocycles. The third kappa shape index (κ3) is 2.98. The average molecular weight is 245 g/mol. The summed E-state index contributed by atoms with van der Waals surface area (Å²) in [7, 11) is 0. The summed E-state index contributed by atoms with van der Waals surface area (Å²) in [5.74, 6) is -0.199. The van der Waals surface area contributed by atoms with Crippen molar-refractivity contribution in [2.24, 2.45) is 5.10 Å². The summed E-state index contributed by atoms with van der Waals surface area (Å²) in [5, 5.41) is 5.86. The fourth-order valence-corrected chi connectivity index (χ4v) is 1.85. The zero-order chi connectivity index (χ0) is 12.1. The lowest BCUT2D eigenvalue weighted by Crippen LogP contribution is -2.18. The highest BCUT2D eigenvalue weighted by atomic mass is 32.1. The van der Waals surface area contributed by atoms with Crippen molar-refractivity contribution in [3.63, 3.8) is 0 Å². The van der Waals surface area contributed by atoms with Crippen LogP contribution in [0, 0.1) is 0 Å². The summed E-state index contributed by atoms with van der Waals surface area (Å²) in [6, 6.07) is 9.14. The predicted octanol–water partition coefficient (Wildman–Crippen LogP) is 2.30. The second-order valence-electron chi connectivity index (χ2n) is 3.33. The molecular weight excluding hydrogens is 234 g/mol. The molecule has 5 heteroatoms. The standard InChI is InChI=1S/C12H11N3OS/c1-9(10-5-2-3-7-13-10)14-15-12(16)11-6-4-8-17-11/h2-8H,1H3,(H,15,16). The summed E-state index contributed by atoms with van der Waals surface area (Å²) in [6.07, 6.45) is 1.69. The molecule has 0 spiro atoms. The first-order valence-corrected chi connectivity index (χ1v) is 5.95. The molecule has 4 nitrogen and oxygen atoms in total. The van der Waals surface area contributed by atoms with Crippen LogP contribution >= 0.6 is 11.3 Å². The number of hydrazone groups is 1. The van der Waals surface area contributed by atoms with Crippen molar-refractivity contribution < 1.29 is 4.79 Å². The molecular formula is C12H11N3OS. The number of hydrogen-bond donors (Lipinski definition) is 1. The van der Waals surface area contributed by atoms with Gasteiger partial charge in [0.15, 0.2) is 0 Å². The molecule has 0 aromatic carbocycles. The normalized spacial score (nSPS) is 11.2. The largest absolute Gasteiger partial charge is 0.281 e. The fraction of sp³-hybridized carbons (Fsp3) is 0.0833. The van der Waals surface area contributed by atoms with Gasteiger partial charge in [-0.25, -0.2) is 5.43 Å². The van der Waals surface area contributed by atoms with Gasteiger partial charge in [-0.15, -0.1) is 11.3 Å². The molecule has 0 atom stereocenters. The molecule has 0 fully saturated rings. The van der Waals surface area contributed by atoms with E-state index in [9.17, 15) is 4.79 Å². The van der Waals surface area contributed by atoms with Crippen molar-refractivity contribution in [2.45, 2.75) is 6.92 Å². The highest BCUT2D eigenvalue weighted by Gasteiger charge is 2.05. The van der Waals surface area contributed by atoms with E-state index in [1.165, 1.54) is 11.3 Å². The summed E-state index contributed by atoms with van der Waals surface area (Å²) < 4.78 is 0. The Morgan fingerprint density at radius 2 is 2.24 bits per heavy atom. The second-order valence-corrected chi connectivity index (χ2v) is 4.28. The second kappa shape index (κ2) is 5.36. The molecule has 2 aromatic rings. The molecule has 0 bridgehead atoms. The summed E-state index contributed by atoms with van der Waals surface area (Å²) in [4.78, 5) is 16.4. The molecule has 0 unspecified atom stereocenters. The summed E-state index contributed by atoms with van der Waals surface area (Å²) >= 11 is 1.38. The van der Waals surface area contributed by atoms with Crippen LogP contribution in [0.1, 0.15) is 22.3 Å². The Balaban J connectivity index is 2.04. The van der Waals surface area contributed by atoms with Crippen LogP contribution in [0.3, 0.4) is 0 Å². The number of thiophene rings is 1. The van der Waals surface area contributed by atoms with Crippen LogP contribution in [0.2, 0.25) is 0 Å². The average Bonchev–Trinajstić information content (AvgIpc) is 2.90. The van der Waals surface area contributed by atoms with Gasteiger partial charge in [0.05, 0.1) is 16.3 Å². The zero-order valence-electron chi connectivity index (χ0n) is 9.25. The van der Waals surface area contributed by atoms with E-state index in [0.717, 1.165) is 5.69 Å². The Kier molecular flexibility index (Phi) is 3.62. The predicted molar refractivity (Wildman–Crippen MR) is 68.2 cm³/mol. The van der Waals surface area contributed by atoms with E-state index in [-0.39, 0.29) is 5.91 Å². The Morgan fingerprint density at radius 1 is 1.35 bits per heavy atom. The number of pyridine rings is 1. The van der Waals surface area contributed by atoms with E-state index < -0.39 is 0 Å². The summed E-state index contributed by atoms with van der Waals surface area (Å²) in [5.41, 5.74) is 3.93. The van der Waals surface area contributed by atoms with E-state index in [2.05, 4.69) is 15.5 Å². The van der Waals surface area contributed by atoms with E-state index in [1.54, 1.807) is 19.2 Å². The van der Waals surface area contributed by atoms with Crippen molar-refractivity contribution in [3.05, 3.63) is 52.5 Å². The van der Waals surface area contributed by atoms with Crippen LogP contribution in [0.15, 0.2) is 47.0 Å². The Labute approximate surface area is 103 Å². The van der Waals surface area contributed by atoms with Gasteiger partial charge in [-0.1, -0.05) is 12.1 Å². The first kappa shape index (κ1) is 11.5. The molecule has 2 rings (SSSR count). The van der Waals surface area contributed by atoms with Crippen molar-refractivity contribution in [3.8, 4) is 0 Å². The lowest BCUT2D eigenvalue weighted by Gasteiger charge is -2.00. The van der Waals surface area contributed by atoms with Crippen LogP contribution in [-0.4, -0.2) is 16.6 Å². The SMILES string of the molecule is CC(=NNC(=O)c1cccs1)c1ccccn1. The van der Waals surface area contributed by atoms with Gasteiger partial charge in [-0.05, 0) is 30.5 Å². The maximum Gasteiger partial charge on any atom is 0.281 e. The number of hydrogen-bond acceptors (Lipinski definition) is 4. The van der Waals surface area contributed by atoms with Gasteiger partial charge in [-0.2, -0.15) is 5.10 Å². The summed E-state index contributed by atoms with van der Waals surface area (Å²) in [6.45, 7) is 1.80. The number of amides is 1. The van der Waals surface area contributed by atoms with Crippen molar-refractivity contribution in [1.82, 2.24) is 10.4 Å². The van der Waals surface area contributed by atoms with Crippen molar-refractivity contribution >= 4 is 23.0 Å². The molecule has 17 heavy (non-hydrogen) atoms. The fourth-order valence-electron chi connectivity index (χ4n) is 1.23. The van der Waals surface area contributed by atoms with Gasteiger partial charge < -0.3 is 0 Å². The van der Waals surface area contributed by atoms with Gasteiger partial charge >= 0.3 is 0 Å². The molecule has 0 saturated carbocycles. The van der Waals surface area contributed by atoms with Crippen LogP contribution in [0.4, 0.5) is 0 Å². The molecule has 0 aliphatic rings. The van der Waals surface area contributed by atoms with E-state index in [1.807, 2.05) is 29.6 Å². The smallest absolute Gasteiger partial charge is 0.266 e. The first-order valence-electron chi connectivity index (χ1n) is 5.07. The number of nitrogens with one attached hydrogen (secondary N) is 1. The van der Waals surface area contributed by atoms with Crippen LogP contribution in [0.25, 0.3) is 0 Å². The molecule has 0 radical (unpaired) electrons. The minimum Gasteiger partial charge on any atom is -0.266 e. The molecule has 2 aromatic heterocycles. The third-order valence-electron chi connectivity index (χ3n) is 2.11. The molecule has 0 aliphatic carbocycles. The lowest BCUT2D eigenvalue weighted by atomic mass is 10.3. The number of carbonyl (C=O) groups excluding carboxylic acids is 1. The molecule has 0 aliphatic heterocycles. The van der Waals surface area contributed by atoms with Gasteiger partial charge in [0.2, 0.25) is 0 Å². The van der Waals surface area contributed by atoms with Crippen LogP contribution in [0.5, 0.6) is 0 Å². The molecule has 1 N–H and O–H groups in total. The van der Waals surface area contributed by atoms with E-state index >= 15 is 0 Å². The monoisotopic (exact) mass is 245 g/mol. The van der Waals surface area contributed by atoms with E-state index in [4.69, 9.17) is 0 Å². The highest BCUT2D eigenvalue weighted by molar-refractivity contribution is 7.12. The number of aromatic nitrogens is 1. The maximum absolute atomic E-state index is 11.6. The van der Waals surface area contributed by atoms with Crippen LogP contribution < -0.4 is 5.43 Å². The number of carbonyl (C=O) groups is 1. The third-order valence-corrected chi connectivity index (χ3v) is 2.97. The molecule has 1 amide bonds. The number of rotatable bonds is 3. The molecule has 86 valence electrons. The van der Waals surface area contributed by atoms with Gasteiger partial charge in [0, 0.05) is 6.20 Å². The Morgan fingerprint density at radius 3 is 2.88 bits per heavy atom. The van der Waals surface area contributed by atoms with Gasteiger partial charge in [0.25, 0.3) is 5.91 Å². The zero-order valence-corrected chi connectivity index (χ0v) is 10.1. The highest BCUT2D eigenvalue weighted by Crippen LogP contribution is 2.07. The van der Waals surface area contributed by atoms with Crippen molar-refractivity contribution in [2.75, 3.05) is 0 Å². The Bertz CT molecular complexity index is 520. The quantitative estimate of drug-likeness (QED) is 0.666. The minimum atomic E-state index is -0.199. The number of nitrogens with zero attached hydrogens (tertiary/aromatic N) is 2. The van der Waals surface area contributed by atoms with Gasteiger partial charge in [0.1, 0.15) is 0 Å². The maximum atomic E-state index is 11.6. The van der Waals surface area contributed by atoms with Crippen LogP contribution in [-0.2, 0) is 0 Å².